The molecular weight excluding hydrogens is 264 g/mol. The molecule has 2 rings (SSSR count). The summed E-state index contributed by atoms with van der Waals surface area (Å²) in [5.41, 5.74) is 0.482. The van der Waals surface area contributed by atoms with Gasteiger partial charge in [-0.15, -0.1) is 0 Å². The maximum absolute atomic E-state index is 11.0. The maximum Gasteiger partial charge on any atom is 0.306 e. The Morgan fingerprint density at radius 2 is 2.20 bits per heavy atom. The van der Waals surface area contributed by atoms with Crippen molar-refractivity contribution in [3.8, 4) is 5.75 Å². The first-order chi connectivity index (χ1) is 9.43. The molecule has 1 saturated heterocycles. The lowest BCUT2D eigenvalue weighted by Gasteiger charge is -2.42. The van der Waals surface area contributed by atoms with Crippen molar-refractivity contribution in [3.05, 3.63) is 28.3 Å². The predicted molar refractivity (Wildman–Crippen MR) is 72.2 cm³/mol. The van der Waals surface area contributed by atoms with Gasteiger partial charge in [0.2, 0.25) is 0 Å². The molecule has 0 aromatic heterocycles. The van der Waals surface area contributed by atoms with E-state index in [0.717, 1.165) is 0 Å². The van der Waals surface area contributed by atoms with Crippen molar-refractivity contribution >= 4 is 17.3 Å². The fraction of sp³-hybridized carbons (Fsp3) is 0.462. The molecule has 0 spiro atoms. The number of carboxylic acids is 1. The van der Waals surface area contributed by atoms with E-state index >= 15 is 0 Å². The van der Waals surface area contributed by atoms with Gasteiger partial charge < -0.3 is 14.7 Å². The van der Waals surface area contributed by atoms with E-state index in [4.69, 9.17) is 9.84 Å². The van der Waals surface area contributed by atoms with Gasteiger partial charge in [0.15, 0.2) is 0 Å². The topological polar surface area (TPSA) is 92.9 Å². The zero-order valence-corrected chi connectivity index (χ0v) is 11.3. The summed E-state index contributed by atoms with van der Waals surface area (Å²) < 4.78 is 5.08. The summed E-state index contributed by atoms with van der Waals surface area (Å²) in [4.78, 5) is 23.3. The average molecular weight is 280 g/mol. The first-order valence-electron chi connectivity index (χ1n) is 6.24. The van der Waals surface area contributed by atoms with Crippen LogP contribution in [0.5, 0.6) is 5.75 Å². The van der Waals surface area contributed by atoms with Crippen LogP contribution in [0.3, 0.4) is 0 Å². The number of nitrogens with zero attached hydrogens (tertiary/aromatic N) is 2. The Bertz CT molecular complexity index is 540. The van der Waals surface area contributed by atoms with Crippen LogP contribution in [0, 0.1) is 22.0 Å². The summed E-state index contributed by atoms with van der Waals surface area (Å²) in [7, 11) is 1.50. The molecule has 1 fully saturated rings. The summed E-state index contributed by atoms with van der Waals surface area (Å²) in [5.74, 6) is -0.732. The molecule has 1 atom stereocenters. The summed E-state index contributed by atoms with van der Waals surface area (Å²) in [6.07, 6.45) is 0. The second-order valence-electron chi connectivity index (χ2n) is 4.90. The Balaban J connectivity index is 2.18. The number of hydrogen-bond acceptors (Lipinski definition) is 5. The van der Waals surface area contributed by atoms with Crippen LogP contribution >= 0.6 is 0 Å². The van der Waals surface area contributed by atoms with Gasteiger partial charge in [-0.1, -0.05) is 6.92 Å². The van der Waals surface area contributed by atoms with E-state index in [2.05, 4.69) is 0 Å². The van der Waals surface area contributed by atoms with Gasteiger partial charge in [-0.2, -0.15) is 0 Å². The Hall–Kier alpha value is -2.31. The Labute approximate surface area is 115 Å². The zero-order chi connectivity index (χ0) is 14.9. The third kappa shape index (κ3) is 2.52. The van der Waals surface area contributed by atoms with E-state index in [1.165, 1.54) is 13.2 Å². The molecule has 1 N–H and O–H groups in total. The van der Waals surface area contributed by atoms with E-state index in [-0.39, 0.29) is 11.6 Å². The molecule has 1 aliphatic rings. The van der Waals surface area contributed by atoms with Crippen molar-refractivity contribution in [2.24, 2.45) is 11.8 Å². The van der Waals surface area contributed by atoms with Crippen LogP contribution in [-0.4, -0.2) is 36.2 Å². The predicted octanol–water partition coefficient (Wildman–Crippen LogP) is 1.76. The minimum atomic E-state index is -0.838. The Morgan fingerprint density at radius 3 is 2.70 bits per heavy atom. The van der Waals surface area contributed by atoms with E-state index in [0.29, 0.717) is 24.5 Å². The smallest absolute Gasteiger partial charge is 0.306 e. The number of carboxylic acid groups (broad SMARTS) is 1. The van der Waals surface area contributed by atoms with Gasteiger partial charge in [0.05, 0.1) is 18.0 Å². The second kappa shape index (κ2) is 5.36. The highest BCUT2D eigenvalue weighted by molar-refractivity contribution is 5.72. The average Bonchev–Trinajstić information content (AvgIpc) is 2.36. The highest BCUT2D eigenvalue weighted by Crippen LogP contribution is 2.37. The first-order valence-corrected chi connectivity index (χ1v) is 6.24. The molecule has 7 heteroatoms. The van der Waals surface area contributed by atoms with E-state index in [1.54, 1.807) is 19.1 Å². The van der Waals surface area contributed by atoms with Crippen molar-refractivity contribution in [2.75, 3.05) is 25.1 Å². The van der Waals surface area contributed by atoms with Crippen molar-refractivity contribution in [1.82, 2.24) is 0 Å². The van der Waals surface area contributed by atoms with Gasteiger partial charge >= 0.3 is 5.97 Å². The molecule has 1 aromatic rings. The molecule has 108 valence electrons. The van der Waals surface area contributed by atoms with Crippen molar-refractivity contribution in [2.45, 2.75) is 6.92 Å². The number of aliphatic carboxylic acids is 1. The minimum absolute atomic E-state index is 0.00669. The van der Waals surface area contributed by atoms with Gasteiger partial charge in [0, 0.05) is 31.1 Å². The number of carbonyl (C=O) groups is 1. The van der Waals surface area contributed by atoms with Crippen LogP contribution in [0.15, 0.2) is 18.2 Å². The number of ether oxygens (including phenoxy) is 1. The van der Waals surface area contributed by atoms with Crippen LogP contribution in [0.1, 0.15) is 6.92 Å². The highest BCUT2D eigenvalue weighted by atomic mass is 16.6. The van der Waals surface area contributed by atoms with Gasteiger partial charge in [0.25, 0.3) is 5.69 Å². The minimum Gasteiger partial charge on any atom is -0.497 e. The normalized spacial score (nSPS) is 16.4. The number of rotatable bonds is 5. The van der Waals surface area contributed by atoms with Crippen LogP contribution in [0.4, 0.5) is 11.4 Å². The number of nitro benzene ring substituents is 1. The molecule has 0 aliphatic carbocycles. The molecule has 1 aliphatic heterocycles. The Morgan fingerprint density at radius 1 is 1.55 bits per heavy atom. The number of benzene rings is 1. The lowest BCUT2D eigenvalue weighted by atomic mass is 9.86. The number of anilines is 1. The van der Waals surface area contributed by atoms with E-state index < -0.39 is 16.8 Å². The van der Waals surface area contributed by atoms with Crippen LogP contribution in [-0.2, 0) is 4.79 Å². The van der Waals surface area contributed by atoms with Crippen LogP contribution in [0.2, 0.25) is 0 Å². The lowest BCUT2D eigenvalue weighted by molar-refractivity contribution is -0.384. The van der Waals surface area contributed by atoms with Crippen molar-refractivity contribution in [1.29, 1.82) is 0 Å². The van der Waals surface area contributed by atoms with Gasteiger partial charge in [-0.3, -0.25) is 14.9 Å². The Kier molecular flexibility index (Phi) is 3.78. The number of hydrogen-bond donors (Lipinski definition) is 1. The molecular formula is C13H16N2O5. The third-order valence-electron chi connectivity index (χ3n) is 3.73. The van der Waals surface area contributed by atoms with Gasteiger partial charge in [0.1, 0.15) is 11.4 Å². The standard InChI is InChI=1S/C13H16N2O5/c1-8(13(16)17)9-6-14(7-9)12-5-10(20-2)3-4-11(12)15(18)19/h3-5,8-9H,6-7H2,1-2H3,(H,16,17). The summed E-state index contributed by atoms with van der Waals surface area (Å²) in [6.45, 7) is 2.66. The van der Waals surface area contributed by atoms with Crippen molar-refractivity contribution < 1.29 is 19.6 Å². The summed E-state index contributed by atoms with van der Waals surface area (Å²) in [5, 5.41) is 20.0. The fourth-order valence-corrected chi connectivity index (χ4v) is 2.27. The number of nitro groups is 1. The molecule has 1 heterocycles. The summed E-state index contributed by atoms with van der Waals surface area (Å²) >= 11 is 0. The lowest BCUT2D eigenvalue weighted by Crippen LogP contribution is -2.51. The number of methoxy groups -OCH3 is 1. The second-order valence-corrected chi connectivity index (χ2v) is 4.90. The molecule has 0 saturated carbocycles. The van der Waals surface area contributed by atoms with Crippen LogP contribution < -0.4 is 9.64 Å². The first kappa shape index (κ1) is 14.1. The quantitative estimate of drug-likeness (QED) is 0.652. The van der Waals surface area contributed by atoms with Crippen LogP contribution in [0.25, 0.3) is 0 Å². The van der Waals surface area contributed by atoms with Gasteiger partial charge in [-0.25, -0.2) is 0 Å². The molecule has 1 unspecified atom stereocenters. The molecule has 0 bridgehead atoms. The third-order valence-corrected chi connectivity index (χ3v) is 3.73. The van der Waals surface area contributed by atoms with Crippen molar-refractivity contribution in [3.63, 3.8) is 0 Å². The highest BCUT2D eigenvalue weighted by Gasteiger charge is 2.37. The van der Waals surface area contributed by atoms with Gasteiger partial charge in [-0.05, 0) is 6.07 Å². The summed E-state index contributed by atoms with van der Waals surface area (Å²) in [6, 6.07) is 4.56. The molecule has 1 aromatic carbocycles. The largest absolute Gasteiger partial charge is 0.497 e. The SMILES string of the molecule is COc1ccc([N+](=O)[O-])c(N2CC(C(C)C(=O)O)C2)c1. The fourth-order valence-electron chi connectivity index (χ4n) is 2.27. The van der Waals surface area contributed by atoms with E-state index in [9.17, 15) is 14.9 Å². The molecule has 20 heavy (non-hydrogen) atoms. The monoisotopic (exact) mass is 280 g/mol. The molecule has 0 amide bonds. The van der Waals surface area contributed by atoms with E-state index in [1.807, 2.05) is 4.90 Å². The zero-order valence-electron chi connectivity index (χ0n) is 11.3. The molecule has 7 nitrogen and oxygen atoms in total. The molecule has 0 radical (unpaired) electrons. The maximum atomic E-state index is 11.0.